The molecule has 4 aromatic carbocycles. The van der Waals surface area contributed by atoms with Gasteiger partial charge in [0.25, 0.3) is 11.8 Å². The highest BCUT2D eigenvalue weighted by molar-refractivity contribution is 8.00. The number of thiazole rings is 1. The van der Waals surface area contributed by atoms with Crippen LogP contribution in [0.15, 0.2) is 125 Å². The van der Waals surface area contributed by atoms with E-state index in [-0.39, 0.29) is 17.4 Å². The van der Waals surface area contributed by atoms with Crippen LogP contribution in [0.4, 0.5) is 10.8 Å². The van der Waals surface area contributed by atoms with Gasteiger partial charge in [0.15, 0.2) is 5.13 Å². The Hall–Kier alpha value is -5.19. The van der Waals surface area contributed by atoms with Crippen molar-refractivity contribution in [3.8, 4) is 17.0 Å². The number of thioether (sulfide) groups is 1. The molecule has 0 spiro atoms. The molecule has 0 aliphatic heterocycles. The van der Waals surface area contributed by atoms with Gasteiger partial charge in [0.2, 0.25) is 5.91 Å². The lowest BCUT2D eigenvalue weighted by Crippen LogP contribution is -2.30. The third-order valence-electron chi connectivity index (χ3n) is 6.26. The monoisotopic (exact) mass is 620 g/mol. The number of hydrogen-bond donors (Lipinski definition) is 3. The topological polar surface area (TPSA) is 109 Å². The van der Waals surface area contributed by atoms with Gasteiger partial charge in [-0.05, 0) is 60.2 Å². The first-order chi connectivity index (χ1) is 21.5. The van der Waals surface area contributed by atoms with Crippen LogP contribution in [0.1, 0.15) is 15.9 Å². The van der Waals surface area contributed by atoms with Crippen LogP contribution >= 0.6 is 23.1 Å². The number of amides is 3. The summed E-state index contributed by atoms with van der Waals surface area (Å²) in [6.07, 6.45) is 1.60. The van der Waals surface area contributed by atoms with Gasteiger partial charge in [0, 0.05) is 27.1 Å². The molecule has 0 unspecified atom stereocenters. The summed E-state index contributed by atoms with van der Waals surface area (Å²) < 4.78 is 5.21. The maximum atomic E-state index is 13.3. The van der Waals surface area contributed by atoms with Crippen LogP contribution in [0.5, 0.6) is 5.75 Å². The van der Waals surface area contributed by atoms with Crippen LogP contribution in [-0.4, -0.2) is 35.6 Å². The summed E-state index contributed by atoms with van der Waals surface area (Å²) in [6.45, 7) is 0. The Morgan fingerprint density at radius 2 is 1.52 bits per heavy atom. The zero-order valence-corrected chi connectivity index (χ0v) is 25.3. The van der Waals surface area contributed by atoms with E-state index in [2.05, 4.69) is 20.9 Å². The molecule has 0 atom stereocenters. The Labute approximate surface area is 263 Å². The van der Waals surface area contributed by atoms with Crippen LogP contribution < -0.4 is 20.7 Å². The van der Waals surface area contributed by atoms with Crippen LogP contribution in [-0.2, 0) is 9.59 Å². The minimum Gasteiger partial charge on any atom is -0.497 e. The molecule has 0 saturated carbocycles. The summed E-state index contributed by atoms with van der Waals surface area (Å²) in [4.78, 5) is 44.0. The second kappa shape index (κ2) is 14.8. The minimum absolute atomic E-state index is 0.0803. The summed E-state index contributed by atoms with van der Waals surface area (Å²) in [7, 11) is 1.58. The second-order valence-corrected chi connectivity index (χ2v) is 11.3. The molecule has 0 radical (unpaired) electrons. The molecule has 3 amide bonds. The summed E-state index contributed by atoms with van der Waals surface area (Å²) in [6, 6.07) is 32.7. The Kier molecular flexibility index (Phi) is 10.2. The minimum atomic E-state index is -0.483. The molecule has 1 heterocycles. The summed E-state index contributed by atoms with van der Waals surface area (Å²) >= 11 is 2.75. The number of nitrogens with one attached hydrogen (secondary N) is 3. The van der Waals surface area contributed by atoms with Crippen molar-refractivity contribution in [3.05, 3.63) is 131 Å². The molecular formula is C34H28N4O4S2. The van der Waals surface area contributed by atoms with Crippen molar-refractivity contribution in [1.82, 2.24) is 10.3 Å². The smallest absolute Gasteiger partial charge is 0.272 e. The van der Waals surface area contributed by atoms with Crippen LogP contribution in [0, 0.1) is 0 Å². The van der Waals surface area contributed by atoms with Crippen molar-refractivity contribution in [2.75, 3.05) is 23.5 Å². The van der Waals surface area contributed by atoms with Gasteiger partial charge in [-0.25, -0.2) is 4.98 Å². The number of ether oxygens (including phenoxy) is 1. The largest absolute Gasteiger partial charge is 0.497 e. The van der Waals surface area contributed by atoms with Crippen molar-refractivity contribution in [1.29, 1.82) is 0 Å². The molecule has 10 heteroatoms. The highest BCUT2D eigenvalue weighted by Gasteiger charge is 2.15. The first-order valence-corrected chi connectivity index (χ1v) is 15.4. The van der Waals surface area contributed by atoms with Gasteiger partial charge in [-0.3, -0.25) is 14.4 Å². The predicted octanol–water partition coefficient (Wildman–Crippen LogP) is 6.96. The molecule has 0 bridgehead atoms. The Bertz CT molecular complexity index is 1760. The fraction of sp³-hybridized carbons (Fsp3) is 0.0588. The highest BCUT2D eigenvalue weighted by atomic mass is 32.2. The molecule has 5 rings (SSSR count). The van der Waals surface area contributed by atoms with E-state index in [1.807, 2.05) is 53.9 Å². The van der Waals surface area contributed by atoms with Gasteiger partial charge in [-0.2, -0.15) is 0 Å². The molecule has 3 N–H and O–H groups in total. The summed E-state index contributed by atoms with van der Waals surface area (Å²) in [5.41, 5.74) is 3.57. The van der Waals surface area contributed by atoms with Gasteiger partial charge >= 0.3 is 0 Å². The summed E-state index contributed by atoms with van der Waals surface area (Å²) in [5, 5.41) is 10.9. The third kappa shape index (κ3) is 8.43. The second-order valence-electron chi connectivity index (χ2n) is 9.37. The van der Waals surface area contributed by atoms with Crippen molar-refractivity contribution < 1.29 is 19.1 Å². The highest BCUT2D eigenvalue weighted by Crippen LogP contribution is 2.26. The molecule has 0 fully saturated rings. The van der Waals surface area contributed by atoms with E-state index in [4.69, 9.17) is 4.74 Å². The first kappa shape index (κ1) is 30.3. The van der Waals surface area contributed by atoms with Crippen LogP contribution in [0.2, 0.25) is 0 Å². The van der Waals surface area contributed by atoms with Crippen LogP contribution in [0.3, 0.4) is 0 Å². The first-order valence-electron chi connectivity index (χ1n) is 13.5. The number of rotatable bonds is 11. The van der Waals surface area contributed by atoms with E-state index >= 15 is 0 Å². The number of carbonyl (C=O) groups is 3. The molecule has 220 valence electrons. The number of aromatic nitrogens is 1. The van der Waals surface area contributed by atoms with Gasteiger partial charge in [0.05, 0.1) is 18.6 Å². The van der Waals surface area contributed by atoms with E-state index in [0.29, 0.717) is 27.7 Å². The van der Waals surface area contributed by atoms with E-state index in [9.17, 15) is 14.4 Å². The molecule has 44 heavy (non-hydrogen) atoms. The average Bonchev–Trinajstić information content (AvgIpc) is 3.53. The Balaban J connectivity index is 1.19. The third-order valence-corrected chi connectivity index (χ3v) is 8.03. The maximum absolute atomic E-state index is 13.3. The molecular weight excluding hydrogens is 593 g/mol. The quantitative estimate of drug-likeness (QED) is 0.109. The van der Waals surface area contributed by atoms with E-state index < -0.39 is 11.8 Å². The number of carbonyl (C=O) groups excluding carboxylic acids is 3. The Morgan fingerprint density at radius 3 is 2.20 bits per heavy atom. The van der Waals surface area contributed by atoms with Crippen LogP contribution in [0.25, 0.3) is 17.3 Å². The lowest BCUT2D eigenvalue weighted by molar-refractivity contribution is -0.114. The Morgan fingerprint density at radius 1 is 0.841 bits per heavy atom. The van der Waals surface area contributed by atoms with E-state index in [1.165, 1.54) is 23.1 Å². The standard InChI is InChI=1S/C34H28N4O4S2/c1-42-27-16-12-23(13-17-27)20-29(36-32(40)25-10-6-3-7-11-25)33(41)35-26-14-18-28(19-15-26)43-22-31(39)38-34-37-30(21-44-34)24-8-4-2-5-9-24/h2-21H,22H2,1H3,(H,35,41)(H,36,40)(H,37,38,39)/b29-20-. The number of benzene rings is 4. The van der Waals surface area contributed by atoms with Gasteiger partial charge in [-0.15, -0.1) is 23.1 Å². The normalized spacial score (nSPS) is 11.0. The molecule has 5 aromatic rings. The molecule has 1 aromatic heterocycles. The van der Waals surface area contributed by atoms with E-state index in [0.717, 1.165) is 16.2 Å². The lowest BCUT2D eigenvalue weighted by Gasteiger charge is -2.12. The number of hydrogen-bond acceptors (Lipinski definition) is 7. The average molecular weight is 621 g/mol. The van der Waals surface area contributed by atoms with E-state index in [1.54, 1.807) is 73.8 Å². The van der Waals surface area contributed by atoms with Gasteiger partial charge < -0.3 is 20.7 Å². The summed E-state index contributed by atoms with van der Waals surface area (Å²) in [5.74, 6) is -0.171. The van der Waals surface area contributed by atoms with Crippen molar-refractivity contribution in [2.24, 2.45) is 0 Å². The van der Waals surface area contributed by atoms with Gasteiger partial charge in [0.1, 0.15) is 11.4 Å². The molecule has 0 aliphatic rings. The van der Waals surface area contributed by atoms with Gasteiger partial charge in [-0.1, -0.05) is 60.7 Å². The maximum Gasteiger partial charge on any atom is 0.272 e. The fourth-order valence-electron chi connectivity index (χ4n) is 4.02. The number of nitrogens with zero attached hydrogens (tertiary/aromatic N) is 1. The zero-order valence-electron chi connectivity index (χ0n) is 23.7. The van der Waals surface area contributed by atoms with Crippen molar-refractivity contribution in [3.63, 3.8) is 0 Å². The number of methoxy groups -OCH3 is 1. The lowest BCUT2D eigenvalue weighted by atomic mass is 10.1. The molecule has 0 saturated heterocycles. The molecule has 0 aliphatic carbocycles. The van der Waals surface area contributed by atoms with Crippen molar-refractivity contribution >= 4 is 57.7 Å². The zero-order chi connectivity index (χ0) is 30.7. The SMILES string of the molecule is COc1ccc(/C=C(\NC(=O)c2ccccc2)C(=O)Nc2ccc(SCC(=O)Nc3nc(-c4ccccc4)cs3)cc2)cc1. The fourth-order valence-corrected chi connectivity index (χ4v) is 5.45. The predicted molar refractivity (Wildman–Crippen MR) is 177 cm³/mol. The number of anilines is 2. The van der Waals surface area contributed by atoms with Crippen molar-refractivity contribution in [2.45, 2.75) is 4.90 Å². The molecule has 8 nitrogen and oxygen atoms in total.